The van der Waals surface area contributed by atoms with Crippen LogP contribution < -0.4 is 0 Å². The van der Waals surface area contributed by atoms with Crippen LogP contribution in [0.25, 0.3) is 0 Å². The summed E-state index contributed by atoms with van der Waals surface area (Å²) in [6, 6.07) is 0. The van der Waals surface area contributed by atoms with E-state index in [0.29, 0.717) is 6.61 Å². The molecule has 0 aliphatic rings. The minimum absolute atomic E-state index is 0.270. The molecule has 0 bridgehead atoms. The summed E-state index contributed by atoms with van der Waals surface area (Å²) in [6.45, 7) is 6.65. The average molecular weight is 267 g/mol. The zero-order chi connectivity index (χ0) is 14.2. The fraction of sp³-hybridized carbons (Fsp3) is 0.750. The summed E-state index contributed by atoms with van der Waals surface area (Å²) in [7, 11) is 0. The lowest BCUT2D eigenvalue weighted by molar-refractivity contribution is 0.150. The van der Waals surface area contributed by atoms with E-state index in [9.17, 15) is 4.91 Å². The Morgan fingerprint density at radius 2 is 1.68 bits per heavy atom. The van der Waals surface area contributed by atoms with E-state index in [1.54, 1.807) is 0 Å². The monoisotopic (exact) mass is 267 g/mol. The van der Waals surface area contributed by atoms with Crippen LogP contribution in [0.4, 0.5) is 0 Å². The Hall–Kier alpha value is -0.960. The lowest BCUT2D eigenvalue weighted by atomic mass is 10.1. The van der Waals surface area contributed by atoms with Gasteiger partial charge in [0, 0.05) is 6.61 Å². The van der Waals surface area contributed by atoms with E-state index in [0.717, 1.165) is 6.42 Å². The molecule has 0 heterocycles. The standard InChI is InChI=1S/C16H29NO2/c1-3-4-5-6-7-8-9-10-11-12-13-14-19-15-16(2)17-18/h6-7H,2-5,8-15H2,1H3/b7-6-. The van der Waals surface area contributed by atoms with E-state index >= 15 is 0 Å². The second kappa shape index (κ2) is 15.1. The van der Waals surface area contributed by atoms with E-state index in [-0.39, 0.29) is 12.3 Å². The van der Waals surface area contributed by atoms with Gasteiger partial charge in [-0.3, -0.25) is 0 Å². The second-order valence-corrected chi connectivity index (χ2v) is 4.88. The molecule has 0 aromatic rings. The molecule has 0 radical (unpaired) electrons. The van der Waals surface area contributed by atoms with E-state index in [1.807, 2.05) is 0 Å². The Bertz CT molecular complexity index is 249. The normalized spacial score (nSPS) is 11.0. The number of hydrogen-bond donors (Lipinski definition) is 0. The number of rotatable bonds is 14. The van der Waals surface area contributed by atoms with Gasteiger partial charge in [-0.15, -0.1) is 4.91 Å². The van der Waals surface area contributed by atoms with Gasteiger partial charge in [0.25, 0.3) is 0 Å². The Kier molecular flexibility index (Phi) is 14.3. The van der Waals surface area contributed by atoms with Gasteiger partial charge >= 0.3 is 0 Å². The molecule has 0 aliphatic heterocycles. The number of nitrogens with zero attached hydrogens (tertiary/aromatic N) is 1. The van der Waals surface area contributed by atoms with Gasteiger partial charge in [-0.2, -0.15) is 0 Å². The van der Waals surface area contributed by atoms with Gasteiger partial charge in [-0.05, 0) is 30.9 Å². The lowest BCUT2D eigenvalue weighted by Crippen LogP contribution is -1.97. The maximum Gasteiger partial charge on any atom is 0.103 e. The van der Waals surface area contributed by atoms with Crippen LogP contribution in [0.2, 0.25) is 0 Å². The maximum atomic E-state index is 10.0. The van der Waals surface area contributed by atoms with Gasteiger partial charge < -0.3 is 4.74 Å². The van der Waals surface area contributed by atoms with Crippen molar-refractivity contribution in [2.75, 3.05) is 13.2 Å². The van der Waals surface area contributed by atoms with E-state index < -0.39 is 0 Å². The number of ether oxygens (including phenoxy) is 1. The topological polar surface area (TPSA) is 38.7 Å². The molecule has 0 amide bonds. The van der Waals surface area contributed by atoms with Crippen molar-refractivity contribution < 1.29 is 4.74 Å². The first-order valence-corrected chi connectivity index (χ1v) is 7.55. The van der Waals surface area contributed by atoms with Crippen LogP contribution in [-0.4, -0.2) is 13.2 Å². The van der Waals surface area contributed by atoms with Gasteiger partial charge in [0.15, 0.2) is 0 Å². The van der Waals surface area contributed by atoms with Crippen LogP contribution in [0.5, 0.6) is 0 Å². The predicted molar refractivity (Wildman–Crippen MR) is 82.1 cm³/mol. The minimum Gasteiger partial charge on any atom is -0.375 e. The third-order valence-electron chi connectivity index (χ3n) is 2.95. The quantitative estimate of drug-likeness (QED) is 0.241. The molecule has 110 valence electrons. The largest absolute Gasteiger partial charge is 0.375 e. The Morgan fingerprint density at radius 3 is 2.37 bits per heavy atom. The molecule has 3 heteroatoms. The molecule has 0 atom stereocenters. The third-order valence-corrected chi connectivity index (χ3v) is 2.95. The Balaban J connectivity index is 3.08. The summed E-state index contributed by atoms with van der Waals surface area (Å²) >= 11 is 0. The molecule has 0 saturated heterocycles. The van der Waals surface area contributed by atoms with Crippen LogP contribution in [0, 0.1) is 4.91 Å². The highest BCUT2D eigenvalue weighted by Crippen LogP contribution is 2.07. The predicted octanol–water partition coefficient (Wildman–Crippen LogP) is 5.37. The Labute approximate surface area is 118 Å². The summed E-state index contributed by atoms with van der Waals surface area (Å²) in [5.41, 5.74) is 0.273. The highest BCUT2D eigenvalue weighted by atomic mass is 16.5. The minimum atomic E-state index is 0.270. The van der Waals surface area contributed by atoms with Crippen LogP contribution in [0.3, 0.4) is 0 Å². The molecule has 0 fully saturated rings. The highest BCUT2D eigenvalue weighted by molar-refractivity contribution is 4.89. The fourth-order valence-corrected chi connectivity index (χ4v) is 1.77. The molecule has 0 saturated carbocycles. The smallest absolute Gasteiger partial charge is 0.103 e. The van der Waals surface area contributed by atoms with Crippen molar-refractivity contribution in [1.29, 1.82) is 0 Å². The first-order valence-electron chi connectivity index (χ1n) is 7.55. The number of unbranched alkanes of at least 4 members (excludes halogenated alkanes) is 7. The molecule has 0 spiro atoms. The molecule has 0 aromatic carbocycles. The van der Waals surface area contributed by atoms with Gasteiger partial charge in [-0.1, -0.05) is 57.8 Å². The summed E-state index contributed by atoms with van der Waals surface area (Å²) < 4.78 is 5.26. The zero-order valence-corrected chi connectivity index (χ0v) is 12.4. The lowest BCUT2D eigenvalue weighted by Gasteiger charge is -2.02. The van der Waals surface area contributed by atoms with Gasteiger partial charge in [0.1, 0.15) is 5.70 Å². The maximum absolute atomic E-state index is 10.0. The van der Waals surface area contributed by atoms with Crippen LogP contribution in [0.15, 0.2) is 29.6 Å². The van der Waals surface area contributed by atoms with Crippen LogP contribution in [0.1, 0.15) is 64.7 Å². The second-order valence-electron chi connectivity index (χ2n) is 4.88. The van der Waals surface area contributed by atoms with Crippen molar-refractivity contribution in [3.05, 3.63) is 29.3 Å². The van der Waals surface area contributed by atoms with Crippen molar-refractivity contribution in [2.24, 2.45) is 5.18 Å². The van der Waals surface area contributed by atoms with Crippen molar-refractivity contribution in [1.82, 2.24) is 0 Å². The molecule has 0 rings (SSSR count). The van der Waals surface area contributed by atoms with E-state index in [4.69, 9.17) is 4.74 Å². The average Bonchev–Trinajstić information content (AvgIpc) is 2.43. The third kappa shape index (κ3) is 15.0. The number of nitroso groups, excluding NO2 is 1. The summed E-state index contributed by atoms with van der Waals surface area (Å²) in [4.78, 5) is 10.0. The molecule has 3 nitrogen and oxygen atoms in total. The number of hydrogen-bond acceptors (Lipinski definition) is 3. The fourth-order valence-electron chi connectivity index (χ4n) is 1.77. The van der Waals surface area contributed by atoms with Crippen molar-refractivity contribution in [3.8, 4) is 0 Å². The summed E-state index contributed by atoms with van der Waals surface area (Å²) in [5, 5.41) is 2.71. The van der Waals surface area contributed by atoms with E-state index in [2.05, 4.69) is 30.8 Å². The van der Waals surface area contributed by atoms with E-state index in [1.165, 1.54) is 51.4 Å². The van der Waals surface area contributed by atoms with Crippen molar-refractivity contribution in [3.63, 3.8) is 0 Å². The first kappa shape index (κ1) is 18.0. The SMILES string of the molecule is C=C(COCCCCCCC/C=C\CCCC)N=O. The zero-order valence-electron chi connectivity index (χ0n) is 12.4. The molecule has 0 aromatic heterocycles. The van der Waals surface area contributed by atoms with Gasteiger partial charge in [0.05, 0.1) is 6.61 Å². The summed E-state index contributed by atoms with van der Waals surface area (Å²) in [6.07, 6.45) is 15.8. The molecular weight excluding hydrogens is 238 g/mol. The molecular formula is C16H29NO2. The molecule has 19 heavy (non-hydrogen) atoms. The van der Waals surface area contributed by atoms with Crippen molar-refractivity contribution >= 4 is 0 Å². The van der Waals surface area contributed by atoms with Crippen molar-refractivity contribution in [2.45, 2.75) is 64.7 Å². The molecule has 0 aliphatic carbocycles. The summed E-state index contributed by atoms with van der Waals surface area (Å²) in [5.74, 6) is 0. The van der Waals surface area contributed by atoms with Gasteiger partial charge in [0.2, 0.25) is 0 Å². The number of allylic oxidation sites excluding steroid dienone is 2. The molecule has 0 unspecified atom stereocenters. The highest BCUT2D eigenvalue weighted by Gasteiger charge is 1.94. The van der Waals surface area contributed by atoms with Gasteiger partial charge in [-0.25, -0.2) is 0 Å². The Morgan fingerprint density at radius 1 is 1.05 bits per heavy atom. The molecule has 0 N–H and O–H groups in total. The van der Waals surface area contributed by atoms with Crippen LogP contribution >= 0.6 is 0 Å². The first-order chi connectivity index (χ1) is 9.31. The van der Waals surface area contributed by atoms with Crippen LogP contribution in [-0.2, 0) is 4.74 Å².